The van der Waals surface area contributed by atoms with Crippen LogP contribution in [0.5, 0.6) is 0 Å². The summed E-state index contributed by atoms with van der Waals surface area (Å²) in [5.74, 6) is -2.66. The average molecular weight is 417 g/mol. The molecule has 1 aliphatic heterocycles. The Morgan fingerprint density at radius 3 is 2.55 bits per heavy atom. The number of hydrogen-bond acceptors (Lipinski definition) is 5. The minimum atomic E-state index is -0.933. The predicted octanol–water partition coefficient (Wildman–Crippen LogP) is 3.84. The van der Waals surface area contributed by atoms with Crippen LogP contribution >= 0.6 is 11.8 Å². The van der Waals surface area contributed by atoms with Crippen molar-refractivity contribution in [2.24, 2.45) is 4.99 Å². The van der Waals surface area contributed by atoms with E-state index in [0.29, 0.717) is 12.2 Å². The summed E-state index contributed by atoms with van der Waals surface area (Å²) < 4.78 is 27.5. The molecule has 0 atom stereocenters. The topological polar surface area (TPSA) is 70.5 Å². The Hall–Kier alpha value is -2.81. The lowest BCUT2D eigenvalue weighted by Crippen LogP contribution is -2.35. The summed E-state index contributed by atoms with van der Waals surface area (Å²) in [6.45, 7) is 3.62. The van der Waals surface area contributed by atoms with Crippen LogP contribution in [0.1, 0.15) is 29.4 Å². The summed E-state index contributed by atoms with van der Waals surface area (Å²) in [5.41, 5.74) is 2.32. The average Bonchev–Trinajstić information content (AvgIpc) is 2.70. The van der Waals surface area contributed by atoms with Crippen molar-refractivity contribution in [3.05, 3.63) is 59.1 Å². The van der Waals surface area contributed by atoms with Crippen LogP contribution in [0.25, 0.3) is 5.57 Å². The van der Waals surface area contributed by atoms with E-state index in [2.05, 4.69) is 32.1 Å². The number of thioether (sulfide) groups is 1. The summed E-state index contributed by atoms with van der Waals surface area (Å²) >= 11 is 1.59. The van der Waals surface area contributed by atoms with Crippen LogP contribution in [0.4, 0.5) is 14.6 Å². The van der Waals surface area contributed by atoms with Crippen LogP contribution in [-0.4, -0.2) is 52.3 Å². The quantitative estimate of drug-likeness (QED) is 0.607. The molecule has 0 fully saturated rings. The normalized spacial score (nSPS) is 14.9. The van der Waals surface area contributed by atoms with Gasteiger partial charge >= 0.3 is 0 Å². The van der Waals surface area contributed by atoms with Gasteiger partial charge in [-0.25, -0.2) is 13.8 Å². The van der Waals surface area contributed by atoms with Crippen LogP contribution in [0.2, 0.25) is 0 Å². The molecule has 2 aromatic rings. The third kappa shape index (κ3) is 4.61. The zero-order valence-corrected chi connectivity index (χ0v) is 17.2. The molecule has 6 nitrogen and oxygen atoms in total. The number of nitrogens with one attached hydrogen (secondary N) is 1. The zero-order chi connectivity index (χ0) is 21.0. The molecule has 1 N–H and O–H groups in total. The van der Waals surface area contributed by atoms with Crippen molar-refractivity contribution in [2.45, 2.75) is 13.3 Å². The Bertz CT molecular complexity index is 955. The number of aliphatic imine (C=N–C) groups is 1. The molecule has 152 valence electrons. The molecule has 0 unspecified atom stereocenters. The third-order valence-corrected chi connectivity index (χ3v) is 5.46. The number of benzene rings is 1. The van der Waals surface area contributed by atoms with Gasteiger partial charge in [-0.05, 0) is 37.3 Å². The summed E-state index contributed by atoms with van der Waals surface area (Å²) in [7, 11) is 1.77. The maximum Gasteiger partial charge on any atom is 0.262 e. The molecule has 0 radical (unpaired) electrons. The number of halogens is 2. The van der Waals surface area contributed by atoms with Crippen molar-refractivity contribution in [1.29, 1.82) is 0 Å². The maximum absolute atomic E-state index is 13.8. The van der Waals surface area contributed by atoms with E-state index in [-0.39, 0.29) is 5.82 Å². The highest BCUT2D eigenvalue weighted by atomic mass is 32.2. The molecular weight excluding hydrogens is 396 g/mol. The lowest BCUT2D eigenvalue weighted by atomic mass is 9.99. The standard InChI is InChI=1S/C20H21F2N5OS/c1-12-7-8-27(20(23-2)29-3)11-13(12)16-9-25-17(10-24-16)26-19(28)18-14(21)5-4-6-15(18)22/h4-6,9-10H,7-8,11H2,1-3H3,(H,25,26,28). The molecule has 0 saturated heterocycles. The van der Waals surface area contributed by atoms with Crippen molar-refractivity contribution < 1.29 is 13.6 Å². The van der Waals surface area contributed by atoms with E-state index in [4.69, 9.17) is 0 Å². The number of amidine groups is 1. The zero-order valence-electron chi connectivity index (χ0n) is 16.4. The van der Waals surface area contributed by atoms with Gasteiger partial charge in [-0.3, -0.25) is 14.8 Å². The number of anilines is 1. The van der Waals surface area contributed by atoms with E-state index < -0.39 is 23.1 Å². The summed E-state index contributed by atoms with van der Waals surface area (Å²) in [5, 5.41) is 3.34. The van der Waals surface area contributed by atoms with Gasteiger partial charge in [0.15, 0.2) is 11.0 Å². The van der Waals surface area contributed by atoms with E-state index in [1.54, 1.807) is 25.0 Å². The molecule has 0 bridgehead atoms. The van der Waals surface area contributed by atoms with Crippen molar-refractivity contribution in [3.8, 4) is 0 Å². The largest absolute Gasteiger partial charge is 0.347 e. The molecule has 29 heavy (non-hydrogen) atoms. The van der Waals surface area contributed by atoms with E-state index in [1.807, 2.05) is 6.26 Å². The molecule has 3 rings (SSSR count). The molecule has 2 heterocycles. The van der Waals surface area contributed by atoms with Crippen LogP contribution in [0.3, 0.4) is 0 Å². The molecule has 1 aromatic carbocycles. The van der Waals surface area contributed by atoms with Crippen LogP contribution in [-0.2, 0) is 0 Å². The summed E-state index contributed by atoms with van der Waals surface area (Å²) in [6.07, 6.45) is 5.82. The smallest absolute Gasteiger partial charge is 0.262 e. The van der Waals surface area contributed by atoms with Gasteiger partial charge in [-0.1, -0.05) is 23.4 Å². The molecule has 0 saturated carbocycles. The lowest BCUT2D eigenvalue weighted by Gasteiger charge is -2.31. The van der Waals surface area contributed by atoms with Gasteiger partial charge in [0.25, 0.3) is 5.91 Å². The second-order valence-electron chi connectivity index (χ2n) is 6.48. The van der Waals surface area contributed by atoms with Crippen LogP contribution in [0.15, 0.2) is 41.2 Å². The number of rotatable bonds is 3. The van der Waals surface area contributed by atoms with Crippen molar-refractivity contribution in [1.82, 2.24) is 14.9 Å². The first-order chi connectivity index (χ1) is 13.9. The highest BCUT2D eigenvalue weighted by Crippen LogP contribution is 2.27. The number of aromatic nitrogens is 2. The molecule has 1 amide bonds. The van der Waals surface area contributed by atoms with Gasteiger partial charge in [0.05, 0.1) is 18.1 Å². The Balaban J connectivity index is 1.77. The molecule has 1 aromatic heterocycles. The highest BCUT2D eigenvalue weighted by Gasteiger charge is 2.22. The van der Waals surface area contributed by atoms with Gasteiger partial charge in [-0.15, -0.1) is 0 Å². The Kier molecular flexibility index (Phi) is 6.58. The fourth-order valence-electron chi connectivity index (χ4n) is 3.13. The van der Waals surface area contributed by atoms with Gasteiger partial charge in [0.1, 0.15) is 17.2 Å². The third-order valence-electron chi connectivity index (χ3n) is 4.66. The second kappa shape index (κ2) is 9.13. The van der Waals surface area contributed by atoms with Gasteiger partial charge < -0.3 is 10.2 Å². The minimum absolute atomic E-state index is 0.118. The first-order valence-electron chi connectivity index (χ1n) is 8.96. The monoisotopic (exact) mass is 417 g/mol. The number of amides is 1. The number of hydrogen-bond donors (Lipinski definition) is 1. The molecule has 9 heteroatoms. The Morgan fingerprint density at radius 1 is 1.24 bits per heavy atom. The van der Waals surface area contributed by atoms with Crippen molar-refractivity contribution >= 4 is 34.2 Å². The van der Waals surface area contributed by atoms with Crippen molar-refractivity contribution in [3.63, 3.8) is 0 Å². The van der Waals surface area contributed by atoms with Crippen molar-refractivity contribution in [2.75, 3.05) is 31.7 Å². The number of carbonyl (C=O) groups excluding carboxylic acids is 1. The van der Waals surface area contributed by atoms with E-state index in [9.17, 15) is 13.6 Å². The molecule has 0 spiro atoms. The lowest BCUT2D eigenvalue weighted by molar-refractivity contribution is 0.101. The summed E-state index contributed by atoms with van der Waals surface area (Å²) in [4.78, 5) is 27.3. The fraction of sp³-hybridized carbons (Fsp3) is 0.300. The van der Waals surface area contributed by atoms with E-state index >= 15 is 0 Å². The van der Waals surface area contributed by atoms with E-state index in [1.165, 1.54) is 17.8 Å². The number of carbonyl (C=O) groups is 1. The highest BCUT2D eigenvalue weighted by molar-refractivity contribution is 8.13. The van der Waals surface area contributed by atoms with Crippen LogP contribution in [0, 0.1) is 11.6 Å². The SMILES string of the molecule is CN=C(SC)N1CCC(C)=C(c2cnc(NC(=O)c3c(F)cccc3F)cn2)C1. The van der Waals surface area contributed by atoms with Gasteiger partial charge in [0.2, 0.25) is 0 Å². The molecule has 0 aliphatic carbocycles. The van der Waals surface area contributed by atoms with Gasteiger partial charge in [0, 0.05) is 20.1 Å². The van der Waals surface area contributed by atoms with Gasteiger partial charge in [-0.2, -0.15) is 0 Å². The first kappa shape index (κ1) is 20.9. The number of nitrogens with zero attached hydrogens (tertiary/aromatic N) is 4. The first-order valence-corrected chi connectivity index (χ1v) is 10.2. The Morgan fingerprint density at radius 2 is 1.97 bits per heavy atom. The van der Waals surface area contributed by atoms with Crippen LogP contribution < -0.4 is 5.32 Å². The molecule has 1 aliphatic rings. The maximum atomic E-state index is 13.8. The summed E-state index contributed by atoms with van der Waals surface area (Å²) in [6, 6.07) is 3.25. The fourth-order valence-corrected chi connectivity index (χ4v) is 3.72. The molecular formula is C20H21F2N5OS. The predicted molar refractivity (Wildman–Crippen MR) is 112 cm³/mol. The van der Waals surface area contributed by atoms with E-state index in [0.717, 1.165) is 35.8 Å². The Labute approximate surface area is 172 Å². The second-order valence-corrected chi connectivity index (χ2v) is 7.25. The minimum Gasteiger partial charge on any atom is -0.347 e.